The molecule has 0 saturated heterocycles. The number of benzene rings is 3. The van der Waals surface area contributed by atoms with Gasteiger partial charge in [-0.2, -0.15) is 0 Å². The number of phenolic OH excluding ortho intramolecular Hbond substituents is 1. The lowest BCUT2D eigenvalue weighted by molar-refractivity contribution is 0.0926. The zero-order chi connectivity index (χ0) is 23.4. The number of nitrogens with one attached hydrogen (secondary N) is 1. The van der Waals surface area contributed by atoms with Crippen molar-refractivity contribution in [1.82, 2.24) is 5.32 Å². The molecule has 170 valence electrons. The van der Waals surface area contributed by atoms with E-state index in [4.69, 9.17) is 9.15 Å². The van der Waals surface area contributed by atoms with E-state index in [0.717, 1.165) is 6.07 Å². The first-order chi connectivity index (χ1) is 15.9. The molecule has 3 aromatic carbocycles. The van der Waals surface area contributed by atoms with Crippen molar-refractivity contribution in [3.8, 4) is 22.8 Å². The molecule has 4 aromatic rings. The van der Waals surface area contributed by atoms with E-state index in [1.165, 1.54) is 24.3 Å². The fraction of sp³-hybridized carbons (Fsp3) is 0.160. The van der Waals surface area contributed by atoms with Gasteiger partial charge in [0.05, 0.1) is 5.39 Å². The van der Waals surface area contributed by atoms with Crippen LogP contribution >= 0.6 is 0 Å². The molecule has 0 bridgehead atoms. The van der Waals surface area contributed by atoms with Crippen molar-refractivity contribution < 1.29 is 28.1 Å². The van der Waals surface area contributed by atoms with Gasteiger partial charge in [0.15, 0.2) is 0 Å². The second-order valence-corrected chi connectivity index (χ2v) is 7.51. The molecule has 0 saturated carbocycles. The highest BCUT2D eigenvalue weighted by Gasteiger charge is 2.19. The van der Waals surface area contributed by atoms with Crippen molar-refractivity contribution in [2.75, 3.05) is 13.2 Å². The highest BCUT2D eigenvalue weighted by Crippen LogP contribution is 2.31. The fourth-order valence-corrected chi connectivity index (χ4v) is 3.43. The van der Waals surface area contributed by atoms with E-state index in [-0.39, 0.29) is 42.4 Å². The van der Waals surface area contributed by atoms with Crippen LogP contribution in [0, 0.1) is 11.6 Å². The number of para-hydroxylation sites is 1. The van der Waals surface area contributed by atoms with Gasteiger partial charge in [-0.3, -0.25) is 4.79 Å². The summed E-state index contributed by atoms with van der Waals surface area (Å²) in [6, 6.07) is 15.9. The molecule has 1 heterocycles. The van der Waals surface area contributed by atoms with E-state index in [0.29, 0.717) is 22.1 Å². The van der Waals surface area contributed by atoms with Crippen molar-refractivity contribution in [3.05, 3.63) is 94.2 Å². The van der Waals surface area contributed by atoms with Crippen molar-refractivity contribution in [2.45, 2.75) is 12.6 Å². The fourth-order valence-electron chi connectivity index (χ4n) is 3.43. The van der Waals surface area contributed by atoms with Crippen LogP contribution in [-0.2, 0) is 6.54 Å². The predicted molar refractivity (Wildman–Crippen MR) is 119 cm³/mol. The zero-order valence-electron chi connectivity index (χ0n) is 17.4. The zero-order valence-corrected chi connectivity index (χ0v) is 17.4. The van der Waals surface area contributed by atoms with Gasteiger partial charge < -0.3 is 24.7 Å². The predicted octanol–water partition coefficient (Wildman–Crippen LogP) is 3.97. The first-order valence-electron chi connectivity index (χ1n) is 10.2. The third-order valence-electron chi connectivity index (χ3n) is 4.96. The van der Waals surface area contributed by atoms with E-state index in [9.17, 15) is 23.8 Å². The summed E-state index contributed by atoms with van der Waals surface area (Å²) in [5, 5.41) is 23.1. The maximum atomic E-state index is 13.3. The number of aliphatic hydroxyl groups excluding tert-OH is 1. The Kier molecular flexibility index (Phi) is 6.67. The Bertz CT molecular complexity index is 1300. The minimum atomic E-state index is -0.993. The highest BCUT2D eigenvalue weighted by atomic mass is 19.1. The summed E-state index contributed by atoms with van der Waals surface area (Å²) in [7, 11) is 0. The largest absolute Gasteiger partial charge is 0.508 e. The Morgan fingerprint density at radius 2 is 1.70 bits per heavy atom. The Morgan fingerprint density at radius 3 is 2.42 bits per heavy atom. The number of hydrogen-bond donors (Lipinski definition) is 3. The van der Waals surface area contributed by atoms with E-state index in [2.05, 4.69) is 5.32 Å². The summed E-state index contributed by atoms with van der Waals surface area (Å²) >= 11 is 0. The summed E-state index contributed by atoms with van der Waals surface area (Å²) in [6.45, 7) is 0.0247. The third kappa shape index (κ3) is 5.36. The normalized spacial score (nSPS) is 12.1. The molecule has 0 aliphatic heterocycles. The average Bonchev–Trinajstić information content (AvgIpc) is 2.78. The molecule has 3 N–H and O–H groups in total. The molecule has 0 unspecified atom stereocenters. The van der Waals surface area contributed by atoms with Gasteiger partial charge in [-0.15, -0.1) is 0 Å². The Morgan fingerprint density at radius 1 is 1.00 bits per heavy atom. The smallest absolute Gasteiger partial charge is 0.297 e. The van der Waals surface area contributed by atoms with E-state index in [1.807, 2.05) is 0 Å². The molecule has 0 aliphatic carbocycles. The van der Waals surface area contributed by atoms with Crippen LogP contribution in [0.3, 0.4) is 0 Å². The molecular formula is C25H21F2NO5. The first-order valence-corrected chi connectivity index (χ1v) is 10.2. The highest BCUT2D eigenvalue weighted by molar-refractivity contribution is 5.84. The van der Waals surface area contributed by atoms with E-state index in [1.54, 1.807) is 36.4 Å². The maximum absolute atomic E-state index is 13.3. The van der Waals surface area contributed by atoms with Crippen LogP contribution in [0.4, 0.5) is 8.78 Å². The molecule has 0 fully saturated rings. The second kappa shape index (κ2) is 9.81. The van der Waals surface area contributed by atoms with Crippen LogP contribution in [0.15, 0.2) is 75.9 Å². The van der Waals surface area contributed by atoms with Crippen molar-refractivity contribution >= 4 is 11.0 Å². The lowest BCUT2D eigenvalue weighted by Gasteiger charge is -2.15. The number of ether oxygens (including phenoxy) is 1. The Labute approximate surface area is 187 Å². The Balaban J connectivity index is 1.49. The molecule has 1 atom stereocenters. The van der Waals surface area contributed by atoms with Gasteiger partial charge in [-0.05, 0) is 47.5 Å². The van der Waals surface area contributed by atoms with Gasteiger partial charge in [0, 0.05) is 19.2 Å². The number of hydrogen-bond acceptors (Lipinski definition) is 6. The third-order valence-corrected chi connectivity index (χ3v) is 4.96. The topological polar surface area (TPSA) is 91.9 Å². The molecule has 0 aliphatic rings. The van der Waals surface area contributed by atoms with Crippen LogP contribution in [0.2, 0.25) is 0 Å². The molecule has 0 radical (unpaired) electrons. The number of halogens is 2. The van der Waals surface area contributed by atoms with Crippen molar-refractivity contribution in [1.29, 1.82) is 0 Å². The number of phenols is 1. The molecule has 1 aromatic heterocycles. The first kappa shape index (κ1) is 22.4. The van der Waals surface area contributed by atoms with Gasteiger partial charge in [0.25, 0.3) is 5.95 Å². The van der Waals surface area contributed by atoms with Crippen LogP contribution in [-0.4, -0.2) is 29.5 Å². The van der Waals surface area contributed by atoms with Crippen LogP contribution < -0.4 is 15.5 Å². The summed E-state index contributed by atoms with van der Waals surface area (Å²) in [6.07, 6.45) is -0.993. The summed E-state index contributed by atoms with van der Waals surface area (Å²) in [5.41, 5.74) is 1.09. The number of aliphatic hydroxyl groups is 1. The molecule has 0 spiro atoms. The van der Waals surface area contributed by atoms with Crippen LogP contribution in [0.25, 0.3) is 22.1 Å². The van der Waals surface area contributed by atoms with Crippen molar-refractivity contribution in [2.24, 2.45) is 0 Å². The average molecular weight is 453 g/mol. The monoisotopic (exact) mass is 453 g/mol. The second-order valence-electron chi connectivity index (χ2n) is 7.51. The van der Waals surface area contributed by atoms with Gasteiger partial charge in [-0.25, -0.2) is 8.78 Å². The maximum Gasteiger partial charge on any atom is 0.297 e. The summed E-state index contributed by atoms with van der Waals surface area (Å²) < 4.78 is 38.0. The lowest BCUT2D eigenvalue weighted by Crippen LogP contribution is -2.31. The van der Waals surface area contributed by atoms with Crippen molar-refractivity contribution in [3.63, 3.8) is 0 Å². The number of rotatable bonds is 8. The number of aromatic hydroxyl groups is 1. The van der Waals surface area contributed by atoms with Crippen LogP contribution in [0.1, 0.15) is 5.56 Å². The van der Waals surface area contributed by atoms with Gasteiger partial charge >= 0.3 is 0 Å². The number of fused-ring (bicyclic) bond motifs is 1. The standard InChI is InChI=1S/C25H21F2NO5/c26-17-9-15(10-18(27)11-17)12-28-13-20(30)14-32-25-23(16-5-7-19(29)8-6-16)24(31)21-3-1-2-4-22(21)33-25/h1-11,20,28-30H,12-14H2/t20-/m1/s1. The van der Waals surface area contributed by atoms with Gasteiger partial charge in [-0.1, -0.05) is 24.3 Å². The van der Waals surface area contributed by atoms with E-state index < -0.39 is 17.7 Å². The van der Waals surface area contributed by atoms with Gasteiger partial charge in [0.2, 0.25) is 5.43 Å². The van der Waals surface area contributed by atoms with Crippen LogP contribution in [0.5, 0.6) is 11.7 Å². The summed E-state index contributed by atoms with van der Waals surface area (Å²) in [5.74, 6) is -1.37. The molecule has 8 heteroatoms. The SMILES string of the molecule is O=c1c(-c2ccc(O)cc2)c(OC[C@H](O)CNCc2cc(F)cc(F)c2)oc2ccccc12. The summed E-state index contributed by atoms with van der Waals surface area (Å²) in [4.78, 5) is 13.1. The lowest BCUT2D eigenvalue weighted by atomic mass is 10.0. The van der Waals surface area contributed by atoms with Gasteiger partial charge in [0.1, 0.15) is 41.2 Å². The minimum Gasteiger partial charge on any atom is -0.508 e. The van der Waals surface area contributed by atoms with E-state index >= 15 is 0 Å². The molecule has 6 nitrogen and oxygen atoms in total. The quantitative estimate of drug-likeness (QED) is 0.374. The molecule has 0 amide bonds. The minimum absolute atomic E-state index is 0.0473. The molecule has 4 rings (SSSR count). The molecule has 33 heavy (non-hydrogen) atoms. The Hall–Kier alpha value is -3.75. The molecular weight excluding hydrogens is 432 g/mol.